The van der Waals surface area contributed by atoms with Gasteiger partial charge in [-0.3, -0.25) is 4.98 Å². The van der Waals surface area contributed by atoms with E-state index in [1.54, 1.807) is 6.20 Å². The van der Waals surface area contributed by atoms with E-state index in [0.29, 0.717) is 17.8 Å². The van der Waals surface area contributed by atoms with Crippen LogP contribution >= 0.6 is 11.5 Å². The molecule has 0 aliphatic carbocycles. The minimum absolute atomic E-state index is 0.375. The molecule has 0 radical (unpaired) electrons. The number of nitrogens with zero attached hydrogens (tertiary/aromatic N) is 2. The van der Waals surface area contributed by atoms with Gasteiger partial charge in [0.15, 0.2) is 0 Å². The van der Waals surface area contributed by atoms with E-state index in [2.05, 4.69) is 35.4 Å². The van der Waals surface area contributed by atoms with Gasteiger partial charge in [-0.15, -0.1) is 0 Å². The quantitative estimate of drug-likeness (QED) is 0.887. The van der Waals surface area contributed by atoms with E-state index < -0.39 is 0 Å². The SMILES string of the molecule is CC(C)C(C)Nc1snc(N)c1-c1cccnc1. The molecule has 0 bridgehead atoms. The van der Waals surface area contributed by atoms with Crippen LogP contribution in [-0.4, -0.2) is 15.4 Å². The zero-order valence-corrected chi connectivity index (χ0v) is 11.7. The Kier molecular flexibility index (Phi) is 3.81. The maximum absolute atomic E-state index is 5.96. The van der Waals surface area contributed by atoms with Crippen molar-refractivity contribution in [1.29, 1.82) is 0 Å². The molecule has 0 spiro atoms. The average molecular weight is 262 g/mol. The molecule has 1 unspecified atom stereocenters. The molecule has 2 aromatic heterocycles. The molecule has 0 aromatic carbocycles. The van der Waals surface area contributed by atoms with Crippen molar-refractivity contribution in [2.45, 2.75) is 26.8 Å². The van der Waals surface area contributed by atoms with Crippen molar-refractivity contribution in [2.75, 3.05) is 11.1 Å². The largest absolute Gasteiger partial charge is 0.382 e. The van der Waals surface area contributed by atoms with Gasteiger partial charge in [-0.2, -0.15) is 4.37 Å². The molecule has 0 fully saturated rings. The molecular weight excluding hydrogens is 244 g/mol. The minimum Gasteiger partial charge on any atom is -0.382 e. The maximum Gasteiger partial charge on any atom is 0.147 e. The minimum atomic E-state index is 0.375. The predicted molar refractivity (Wildman–Crippen MR) is 77.7 cm³/mol. The normalized spacial score (nSPS) is 12.7. The van der Waals surface area contributed by atoms with Gasteiger partial charge in [0.05, 0.1) is 5.56 Å². The lowest BCUT2D eigenvalue weighted by molar-refractivity contribution is 0.561. The molecule has 0 aliphatic heterocycles. The fourth-order valence-corrected chi connectivity index (χ4v) is 2.40. The van der Waals surface area contributed by atoms with Crippen molar-refractivity contribution in [3.05, 3.63) is 24.5 Å². The van der Waals surface area contributed by atoms with Crippen LogP contribution in [0.25, 0.3) is 11.1 Å². The molecule has 0 saturated carbocycles. The third-order valence-electron chi connectivity index (χ3n) is 3.03. The van der Waals surface area contributed by atoms with Crippen LogP contribution in [0.3, 0.4) is 0 Å². The van der Waals surface area contributed by atoms with Gasteiger partial charge in [-0.25, -0.2) is 0 Å². The van der Waals surface area contributed by atoms with Crippen LogP contribution in [0.4, 0.5) is 10.8 Å². The van der Waals surface area contributed by atoms with Crippen molar-refractivity contribution in [1.82, 2.24) is 9.36 Å². The summed E-state index contributed by atoms with van der Waals surface area (Å²) in [6.07, 6.45) is 3.56. The Bertz CT molecular complexity index is 507. The number of anilines is 2. The van der Waals surface area contributed by atoms with Gasteiger partial charge < -0.3 is 11.1 Å². The third-order valence-corrected chi connectivity index (χ3v) is 3.82. The molecule has 5 heteroatoms. The van der Waals surface area contributed by atoms with Gasteiger partial charge in [-0.1, -0.05) is 19.9 Å². The fourth-order valence-electron chi connectivity index (χ4n) is 1.56. The Hall–Kier alpha value is -1.62. The fraction of sp³-hybridized carbons (Fsp3) is 0.385. The smallest absolute Gasteiger partial charge is 0.147 e. The molecule has 0 aliphatic rings. The van der Waals surface area contributed by atoms with Crippen molar-refractivity contribution in [3.63, 3.8) is 0 Å². The Balaban J connectivity index is 2.34. The lowest BCUT2D eigenvalue weighted by Crippen LogP contribution is -2.21. The molecule has 2 heterocycles. The molecule has 3 N–H and O–H groups in total. The van der Waals surface area contributed by atoms with Gasteiger partial charge in [0, 0.05) is 24.0 Å². The summed E-state index contributed by atoms with van der Waals surface area (Å²) in [7, 11) is 0. The number of hydrogen-bond acceptors (Lipinski definition) is 5. The summed E-state index contributed by atoms with van der Waals surface area (Å²) < 4.78 is 4.23. The number of nitrogen functional groups attached to an aromatic ring is 1. The van der Waals surface area contributed by atoms with E-state index in [9.17, 15) is 0 Å². The van der Waals surface area contributed by atoms with E-state index in [4.69, 9.17) is 5.73 Å². The average Bonchev–Trinajstić information content (AvgIpc) is 2.71. The first kappa shape index (κ1) is 12.8. The van der Waals surface area contributed by atoms with Crippen LogP contribution in [0.5, 0.6) is 0 Å². The summed E-state index contributed by atoms with van der Waals surface area (Å²) >= 11 is 1.40. The number of nitrogens with one attached hydrogen (secondary N) is 1. The van der Waals surface area contributed by atoms with E-state index in [1.807, 2.05) is 18.3 Å². The summed E-state index contributed by atoms with van der Waals surface area (Å²) in [6.45, 7) is 6.53. The first-order valence-electron chi connectivity index (χ1n) is 6.01. The third kappa shape index (κ3) is 2.61. The molecule has 4 nitrogen and oxygen atoms in total. The van der Waals surface area contributed by atoms with E-state index in [1.165, 1.54) is 11.5 Å². The van der Waals surface area contributed by atoms with Crippen molar-refractivity contribution in [3.8, 4) is 11.1 Å². The predicted octanol–water partition coefficient (Wildman–Crippen LogP) is 3.24. The van der Waals surface area contributed by atoms with Crippen LogP contribution < -0.4 is 11.1 Å². The van der Waals surface area contributed by atoms with Crippen molar-refractivity contribution < 1.29 is 0 Å². The number of nitrogens with two attached hydrogens (primary N) is 1. The zero-order chi connectivity index (χ0) is 13.1. The molecular formula is C13H18N4S. The Labute approximate surface area is 111 Å². The number of hydrogen-bond donors (Lipinski definition) is 2. The number of rotatable bonds is 4. The summed E-state index contributed by atoms with van der Waals surface area (Å²) in [5, 5.41) is 4.49. The van der Waals surface area contributed by atoms with Crippen LogP contribution in [0, 0.1) is 5.92 Å². The molecule has 2 aromatic rings. The Morgan fingerprint density at radius 2 is 2.11 bits per heavy atom. The summed E-state index contributed by atoms with van der Waals surface area (Å²) in [5.41, 5.74) is 7.92. The van der Waals surface area contributed by atoms with Crippen LogP contribution in [0.1, 0.15) is 20.8 Å². The highest BCUT2D eigenvalue weighted by Gasteiger charge is 2.16. The molecule has 0 amide bonds. The second-order valence-corrected chi connectivity index (χ2v) is 5.46. The number of aromatic nitrogens is 2. The summed E-state index contributed by atoms with van der Waals surface area (Å²) in [4.78, 5) is 4.13. The molecule has 96 valence electrons. The highest BCUT2D eigenvalue weighted by molar-refractivity contribution is 7.11. The van der Waals surface area contributed by atoms with Gasteiger partial charge in [0.2, 0.25) is 0 Å². The lowest BCUT2D eigenvalue weighted by Gasteiger charge is -2.18. The van der Waals surface area contributed by atoms with Gasteiger partial charge in [0.25, 0.3) is 0 Å². The van der Waals surface area contributed by atoms with Crippen molar-refractivity contribution >= 4 is 22.4 Å². The standard InChI is InChI=1S/C13H18N4S/c1-8(2)9(3)16-13-11(12(14)17-18-13)10-5-4-6-15-7-10/h4-9,16H,1-3H3,(H2,14,17). The second-order valence-electron chi connectivity index (χ2n) is 4.69. The monoisotopic (exact) mass is 262 g/mol. The van der Waals surface area contributed by atoms with Crippen LogP contribution in [0.2, 0.25) is 0 Å². The highest BCUT2D eigenvalue weighted by Crippen LogP contribution is 2.36. The van der Waals surface area contributed by atoms with Gasteiger partial charge in [-0.05, 0) is 30.4 Å². The first-order valence-corrected chi connectivity index (χ1v) is 6.79. The summed E-state index contributed by atoms with van der Waals surface area (Å²) in [5.74, 6) is 1.11. The van der Waals surface area contributed by atoms with E-state index in [-0.39, 0.29) is 0 Å². The Morgan fingerprint density at radius 1 is 1.33 bits per heavy atom. The number of pyridine rings is 1. The van der Waals surface area contributed by atoms with Crippen LogP contribution in [-0.2, 0) is 0 Å². The summed E-state index contributed by atoms with van der Waals surface area (Å²) in [6, 6.07) is 4.28. The van der Waals surface area contributed by atoms with Gasteiger partial charge in [0.1, 0.15) is 10.8 Å². The highest BCUT2D eigenvalue weighted by atomic mass is 32.1. The molecule has 18 heavy (non-hydrogen) atoms. The molecule has 1 atom stereocenters. The lowest BCUT2D eigenvalue weighted by atomic mass is 10.1. The zero-order valence-electron chi connectivity index (χ0n) is 10.8. The van der Waals surface area contributed by atoms with Gasteiger partial charge >= 0.3 is 0 Å². The van der Waals surface area contributed by atoms with E-state index >= 15 is 0 Å². The second kappa shape index (κ2) is 5.35. The first-order chi connectivity index (χ1) is 8.59. The molecule has 2 rings (SSSR count). The van der Waals surface area contributed by atoms with Crippen molar-refractivity contribution in [2.24, 2.45) is 5.92 Å². The topological polar surface area (TPSA) is 63.8 Å². The maximum atomic E-state index is 5.96. The Morgan fingerprint density at radius 3 is 2.72 bits per heavy atom. The van der Waals surface area contributed by atoms with E-state index in [0.717, 1.165) is 16.1 Å². The molecule has 0 saturated heterocycles. The van der Waals surface area contributed by atoms with Crippen LogP contribution in [0.15, 0.2) is 24.5 Å².